The lowest BCUT2D eigenvalue weighted by atomic mass is 9.87. The number of benzene rings is 1. The largest absolute Gasteiger partial charge is 0.356 e. The predicted molar refractivity (Wildman–Crippen MR) is 88.9 cm³/mol. The van der Waals surface area contributed by atoms with Crippen molar-refractivity contribution in [2.75, 3.05) is 6.54 Å². The molecule has 0 bridgehead atoms. The van der Waals surface area contributed by atoms with E-state index in [2.05, 4.69) is 16.0 Å². The van der Waals surface area contributed by atoms with Gasteiger partial charge < -0.3 is 16.0 Å². The molecule has 2 fully saturated rings. The third kappa shape index (κ3) is 4.32. The molecule has 2 amide bonds. The van der Waals surface area contributed by atoms with Crippen molar-refractivity contribution in [2.45, 2.75) is 56.7 Å². The summed E-state index contributed by atoms with van der Waals surface area (Å²) in [4.78, 5) is 24.2. The van der Waals surface area contributed by atoms with Crippen LogP contribution in [0.4, 0.5) is 0 Å². The third-order valence-electron chi connectivity index (χ3n) is 4.79. The van der Waals surface area contributed by atoms with Gasteiger partial charge in [-0.3, -0.25) is 9.59 Å². The predicted octanol–water partition coefficient (Wildman–Crippen LogP) is 1.13. The standard InChI is InChI=1S/C18H25N3O2/c22-17(19-11-10-13-6-2-1-3-7-13)12-16-18(23)21-15-9-5-4-8-14(15)20-16/h1-3,6-7,14-16,20H,4-5,8-12H2,(H,19,22)(H,21,23)/t14-,15+,16-/m0/s1. The molecule has 3 N–H and O–H groups in total. The van der Waals surface area contributed by atoms with Crippen LogP contribution in [0.25, 0.3) is 0 Å². The summed E-state index contributed by atoms with van der Waals surface area (Å²) in [5.74, 6) is -0.103. The van der Waals surface area contributed by atoms with E-state index in [-0.39, 0.29) is 24.3 Å². The maximum absolute atomic E-state index is 12.1. The van der Waals surface area contributed by atoms with E-state index in [0.717, 1.165) is 19.3 Å². The maximum atomic E-state index is 12.1. The Labute approximate surface area is 137 Å². The summed E-state index contributed by atoms with van der Waals surface area (Å²) in [7, 11) is 0. The monoisotopic (exact) mass is 315 g/mol. The normalized spacial score (nSPS) is 27.0. The van der Waals surface area contributed by atoms with E-state index in [9.17, 15) is 9.59 Å². The highest BCUT2D eigenvalue weighted by atomic mass is 16.2. The van der Waals surface area contributed by atoms with E-state index in [4.69, 9.17) is 0 Å². The summed E-state index contributed by atoms with van der Waals surface area (Å²) in [6.07, 6.45) is 5.51. The quantitative estimate of drug-likeness (QED) is 0.763. The summed E-state index contributed by atoms with van der Waals surface area (Å²) >= 11 is 0. The van der Waals surface area contributed by atoms with Crippen LogP contribution >= 0.6 is 0 Å². The first-order chi connectivity index (χ1) is 11.2. The molecule has 0 radical (unpaired) electrons. The minimum Gasteiger partial charge on any atom is -0.356 e. The molecule has 124 valence electrons. The fourth-order valence-corrected chi connectivity index (χ4v) is 3.52. The Morgan fingerprint density at radius 2 is 1.87 bits per heavy atom. The highest BCUT2D eigenvalue weighted by molar-refractivity contribution is 5.89. The first kappa shape index (κ1) is 16.0. The van der Waals surface area contributed by atoms with Gasteiger partial charge in [-0.2, -0.15) is 0 Å². The van der Waals surface area contributed by atoms with Crippen molar-refractivity contribution in [2.24, 2.45) is 0 Å². The van der Waals surface area contributed by atoms with Crippen LogP contribution in [0, 0.1) is 0 Å². The Morgan fingerprint density at radius 1 is 1.13 bits per heavy atom. The number of carbonyl (C=O) groups excluding carboxylic acids is 2. The topological polar surface area (TPSA) is 70.2 Å². The lowest BCUT2D eigenvalue weighted by molar-refractivity contribution is -0.131. The molecule has 0 unspecified atom stereocenters. The average Bonchev–Trinajstić information content (AvgIpc) is 2.56. The van der Waals surface area contributed by atoms with Crippen molar-refractivity contribution >= 4 is 11.8 Å². The van der Waals surface area contributed by atoms with Gasteiger partial charge in [0.05, 0.1) is 12.5 Å². The van der Waals surface area contributed by atoms with Gasteiger partial charge in [-0.25, -0.2) is 0 Å². The van der Waals surface area contributed by atoms with Crippen LogP contribution in [0.2, 0.25) is 0 Å². The smallest absolute Gasteiger partial charge is 0.237 e. The molecular weight excluding hydrogens is 290 g/mol. The van der Waals surface area contributed by atoms with Gasteiger partial charge in [0.1, 0.15) is 0 Å². The summed E-state index contributed by atoms with van der Waals surface area (Å²) in [6, 6.07) is 10.2. The molecule has 1 aliphatic heterocycles. The number of hydrogen-bond acceptors (Lipinski definition) is 3. The van der Waals surface area contributed by atoms with Crippen LogP contribution in [0.1, 0.15) is 37.7 Å². The van der Waals surface area contributed by atoms with Gasteiger partial charge >= 0.3 is 0 Å². The summed E-state index contributed by atoms with van der Waals surface area (Å²) < 4.78 is 0. The Kier molecular flexibility index (Phi) is 5.28. The van der Waals surface area contributed by atoms with Crippen molar-refractivity contribution in [3.8, 4) is 0 Å². The van der Waals surface area contributed by atoms with E-state index in [0.29, 0.717) is 12.6 Å². The minimum atomic E-state index is -0.397. The van der Waals surface area contributed by atoms with E-state index in [1.807, 2.05) is 30.3 Å². The van der Waals surface area contributed by atoms with Crippen molar-refractivity contribution in [1.82, 2.24) is 16.0 Å². The highest BCUT2D eigenvalue weighted by Crippen LogP contribution is 2.22. The molecule has 23 heavy (non-hydrogen) atoms. The fraction of sp³-hybridized carbons (Fsp3) is 0.556. The second kappa shape index (κ2) is 7.59. The van der Waals surface area contributed by atoms with E-state index in [1.54, 1.807) is 0 Å². The Morgan fingerprint density at radius 3 is 2.65 bits per heavy atom. The lowest BCUT2D eigenvalue weighted by Crippen LogP contribution is -2.65. The Bertz CT molecular complexity index is 546. The van der Waals surface area contributed by atoms with E-state index >= 15 is 0 Å². The van der Waals surface area contributed by atoms with Crippen molar-refractivity contribution in [1.29, 1.82) is 0 Å². The molecular formula is C18H25N3O2. The van der Waals surface area contributed by atoms with Gasteiger partial charge in [-0.15, -0.1) is 0 Å². The van der Waals surface area contributed by atoms with Crippen LogP contribution in [0.5, 0.6) is 0 Å². The molecule has 1 aromatic rings. The number of carbonyl (C=O) groups is 2. The lowest BCUT2D eigenvalue weighted by Gasteiger charge is -2.40. The molecule has 1 aliphatic carbocycles. The van der Waals surface area contributed by atoms with Gasteiger partial charge in [0.2, 0.25) is 11.8 Å². The van der Waals surface area contributed by atoms with Crippen LogP contribution in [-0.2, 0) is 16.0 Å². The molecule has 1 saturated heterocycles. The number of fused-ring (bicyclic) bond motifs is 1. The molecule has 3 rings (SSSR count). The highest BCUT2D eigenvalue weighted by Gasteiger charge is 2.36. The first-order valence-electron chi connectivity index (χ1n) is 8.59. The van der Waals surface area contributed by atoms with Gasteiger partial charge in [0.25, 0.3) is 0 Å². The number of amides is 2. The molecule has 5 nitrogen and oxygen atoms in total. The zero-order chi connectivity index (χ0) is 16.1. The minimum absolute atomic E-state index is 0.0358. The number of rotatable bonds is 5. The molecule has 3 atom stereocenters. The summed E-state index contributed by atoms with van der Waals surface area (Å²) in [5.41, 5.74) is 1.20. The van der Waals surface area contributed by atoms with Crippen LogP contribution in [0.15, 0.2) is 30.3 Å². The van der Waals surface area contributed by atoms with Gasteiger partial charge in [0, 0.05) is 18.6 Å². The number of hydrogen-bond donors (Lipinski definition) is 3. The molecule has 0 aromatic heterocycles. The SMILES string of the molecule is O=C(C[C@@H]1N[C@H]2CCCC[C@H]2NC1=O)NCCc1ccccc1. The van der Waals surface area contributed by atoms with Gasteiger partial charge in [-0.05, 0) is 24.8 Å². The van der Waals surface area contributed by atoms with Crippen molar-refractivity contribution in [3.63, 3.8) is 0 Å². The second-order valence-electron chi connectivity index (χ2n) is 6.51. The molecule has 0 spiro atoms. The number of piperazine rings is 1. The number of nitrogens with one attached hydrogen (secondary N) is 3. The van der Waals surface area contributed by atoms with Crippen LogP contribution in [-0.4, -0.2) is 36.5 Å². The summed E-state index contributed by atoms with van der Waals surface area (Å²) in [6.45, 7) is 0.600. The van der Waals surface area contributed by atoms with E-state index < -0.39 is 6.04 Å². The zero-order valence-corrected chi connectivity index (χ0v) is 13.4. The van der Waals surface area contributed by atoms with Gasteiger partial charge in [-0.1, -0.05) is 43.2 Å². The van der Waals surface area contributed by atoms with E-state index in [1.165, 1.54) is 18.4 Å². The van der Waals surface area contributed by atoms with Crippen molar-refractivity contribution in [3.05, 3.63) is 35.9 Å². The average molecular weight is 315 g/mol. The summed E-state index contributed by atoms with van der Waals surface area (Å²) in [5, 5.41) is 9.36. The molecule has 2 aliphatic rings. The molecule has 1 saturated carbocycles. The molecule has 1 heterocycles. The van der Waals surface area contributed by atoms with Crippen LogP contribution < -0.4 is 16.0 Å². The maximum Gasteiger partial charge on any atom is 0.237 e. The Balaban J connectivity index is 1.43. The second-order valence-corrected chi connectivity index (χ2v) is 6.51. The Hall–Kier alpha value is -1.88. The van der Waals surface area contributed by atoms with Crippen molar-refractivity contribution < 1.29 is 9.59 Å². The zero-order valence-electron chi connectivity index (χ0n) is 13.4. The fourth-order valence-electron chi connectivity index (χ4n) is 3.52. The third-order valence-corrected chi connectivity index (χ3v) is 4.79. The first-order valence-corrected chi connectivity index (χ1v) is 8.59. The van der Waals surface area contributed by atoms with Crippen LogP contribution in [0.3, 0.4) is 0 Å². The molecule has 1 aromatic carbocycles. The van der Waals surface area contributed by atoms with Gasteiger partial charge in [0.15, 0.2) is 0 Å². The molecule has 5 heteroatoms.